The molecule has 0 saturated heterocycles. The Kier molecular flexibility index (Phi) is 6.97. The molecule has 0 bridgehead atoms. The molecule has 0 saturated carbocycles. The van der Waals surface area contributed by atoms with E-state index in [9.17, 15) is 9.18 Å². The van der Waals surface area contributed by atoms with Gasteiger partial charge in [0.2, 0.25) is 5.91 Å². The molecule has 0 atom stereocenters. The maximum atomic E-state index is 13.5. The topological polar surface area (TPSA) is 50.8 Å². The summed E-state index contributed by atoms with van der Waals surface area (Å²) in [6.45, 7) is 1.76. The number of hydrogen-bond acceptors (Lipinski definition) is 4. The second-order valence-corrected chi connectivity index (χ2v) is 4.39. The highest BCUT2D eigenvalue weighted by Gasteiger charge is 2.10. The number of halogens is 1. The predicted molar refractivity (Wildman–Crippen MR) is 74.2 cm³/mol. The van der Waals surface area contributed by atoms with Crippen LogP contribution in [0.15, 0.2) is 18.2 Å². The Labute approximate surface area is 118 Å². The summed E-state index contributed by atoms with van der Waals surface area (Å²) in [5.74, 6) is -0.287. The first kappa shape index (κ1) is 16.4. The molecular formula is C14H21FN2O3. The highest BCUT2D eigenvalue weighted by atomic mass is 19.1. The van der Waals surface area contributed by atoms with E-state index in [-0.39, 0.29) is 18.2 Å². The van der Waals surface area contributed by atoms with Crippen LogP contribution in [0.1, 0.15) is 5.56 Å². The van der Waals surface area contributed by atoms with E-state index in [1.807, 2.05) is 0 Å². The summed E-state index contributed by atoms with van der Waals surface area (Å²) in [4.78, 5) is 13.4. The number of likely N-dealkylation sites (N-methyl/N-ethyl adjacent to an activating group) is 1. The number of carbonyl (C=O) groups excluding carboxylic acids is 1. The Balaban J connectivity index is 2.46. The number of methoxy groups -OCH3 is 2. The van der Waals surface area contributed by atoms with E-state index >= 15 is 0 Å². The van der Waals surface area contributed by atoms with Crippen molar-refractivity contribution in [2.75, 3.05) is 41.0 Å². The van der Waals surface area contributed by atoms with Crippen LogP contribution in [0.4, 0.5) is 4.39 Å². The molecule has 0 aliphatic carbocycles. The number of benzene rings is 1. The van der Waals surface area contributed by atoms with Crippen molar-refractivity contribution < 1.29 is 18.7 Å². The molecule has 0 aromatic heterocycles. The van der Waals surface area contributed by atoms with Crippen LogP contribution >= 0.6 is 0 Å². The SMILES string of the molecule is COCCNCC(=O)N(C)Cc1ccc(OC)c(F)c1. The van der Waals surface area contributed by atoms with Gasteiger partial charge in [-0.15, -0.1) is 0 Å². The van der Waals surface area contributed by atoms with E-state index in [4.69, 9.17) is 9.47 Å². The van der Waals surface area contributed by atoms with Crippen LogP contribution < -0.4 is 10.1 Å². The third-order valence-corrected chi connectivity index (χ3v) is 2.82. The van der Waals surface area contributed by atoms with Gasteiger partial charge >= 0.3 is 0 Å². The van der Waals surface area contributed by atoms with Gasteiger partial charge in [-0.2, -0.15) is 0 Å². The van der Waals surface area contributed by atoms with Gasteiger partial charge < -0.3 is 19.7 Å². The highest BCUT2D eigenvalue weighted by molar-refractivity contribution is 5.77. The van der Waals surface area contributed by atoms with Gasteiger partial charge in [0.1, 0.15) is 0 Å². The molecule has 5 nitrogen and oxygen atoms in total. The van der Waals surface area contributed by atoms with Crippen molar-refractivity contribution in [3.05, 3.63) is 29.6 Å². The summed E-state index contributed by atoms with van der Waals surface area (Å²) in [7, 11) is 4.70. The summed E-state index contributed by atoms with van der Waals surface area (Å²) >= 11 is 0. The molecule has 0 fully saturated rings. The number of ether oxygens (including phenoxy) is 2. The van der Waals surface area contributed by atoms with Crippen molar-refractivity contribution >= 4 is 5.91 Å². The average Bonchev–Trinajstić information content (AvgIpc) is 2.43. The van der Waals surface area contributed by atoms with E-state index in [0.29, 0.717) is 19.7 Å². The number of amides is 1. The zero-order chi connectivity index (χ0) is 15.0. The van der Waals surface area contributed by atoms with E-state index in [1.165, 1.54) is 13.2 Å². The van der Waals surface area contributed by atoms with Crippen molar-refractivity contribution in [3.63, 3.8) is 0 Å². The predicted octanol–water partition coefficient (Wildman–Crippen LogP) is 1.03. The molecule has 20 heavy (non-hydrogen) atoms. The van der Waals surface area contributed by atoms with Crippen LogP contribution in [0, 0.1) is 5.82 Å². The van der Waals surface area contributed by atoms with Gasteiger partial charge in [-0.05, 0) is 17.7 Å². The first-order valence-electron chi connectivity index (χ1n) is 6.34. The lowest BCUT2D eigenvalue weighted by Gasteiger charge is -2.18. The molecule has 1 aromatic rings. The Morgan fingerprint density at radius 3 is 2.75 bits per heavy atom. The van der Waals surface area contributed by atoms with Gasteiger partial charge in [-0.3, -0.25) is 4.79 Å². The van der Waals surface area contributed by atoms with Crippen molar-refractivity contribution in [2.24, 2.45) is 0 Å². The van der Waals surface area contributed by atoms with Gasteiger partial charge in [0.05, 0.1) is 20.3 Å². The molecule has 1 amide bonds. The van der Waals surface area contributed by atoms with Crippen molar-refractivity contribution in [2.45, 2.75) is 6.54 Å². The first-order chi connectivity index (χ1) is 9.58. The average molecular weight is 284 g/mol. The maximum absolute atomic E-state index is 13.5. The minimum atomic E-state index is -0.427. The van der Waals surface area contributed by atoms with Crippen molar-refractivity contribution in [1.82, 2.24) is 10.2 Å². The second kappa shape index (κ2) is 8.50. The lowest BCUT2D eigenvalue weighted by atomic mass is 10.2. The van der Waals surface area contributed by atoms with Gasteiger partial charge in [-0.1, -0.05) is 6.07 Å². The lowest BCUT2D eigenvalue weighted by molar-refractivity contribution is -0.129. The monoisotopic (exact) mass is 284 g/mol. The summed E-state index contributed by atoms with van der Waals surface area (Å²) in [6.07, 6.45) is 0. The Bertz CT molecular complexity index is 440. The fourth-order valence-corrected chi connectivity index (χ4v) is 1.67. The van der Waals surface area contributed by atoms with Gasteiger partial charge in [-0.25, -0.2) is 4.39 Å². The zero-order valence-corrected chi connectivity index (χ0v) is 12.1. The van der Waals surface area contributed by atoms with E-state index in [0.717, 1.165) is 5.56 Å². The minimum absolute atomic E-state index is 0.0580. The first-order valence-corrected chi connectivity index (χ1v) is 6.34. The van der Waals surface area contributed by atoms with Crippen LogP contribution in [0.25, 0.3) is 0 Å². The molecule has 1 N–H and O–H groups in total. The summed E-state index contributed by atoms with van der Waals surface area (Å²) in [5, 5.41) is 2.97. The quantitative estimate of drug-likeness (QED) is 0.724. The third kappa shape index (κ3) is 5.14. The van der Waals surface area contributed by atoms with Crippen LogP contribution in [0.5, 0.6) is 5.75 Å². The Morgan fingerprint density at radius 2 is 2.15 bits per heavy atom. The zero-order valence-electron chi connectivity index (χ0n) is 12.1. The molecule has 112 valence electrons. The normalized spacial score (nSPS) is 10.4. The van der Waals surface area contributed by atoms with Crippen molar-refractivity contribution in [1.29, 1.82) is 0 Å². The molecule has 0 unspecified atom stereocenters. The van der Waals surface area contributed by atoms with Crippen molar-refractivity contribution in [3.8, 4) is 5.75 Å². The van der Waals surface area contributed by atoms with Crippen LogP contribution in [0.3, 0.4) is 0 Å². The van der Waals surface area contributed by atoms with E-state index < -0.39 is 5.82 Å². The largest absolute Gasteiger partial charge is 0.494 e. The molecule has 1 aromatic carbocycles. The van der Waals surface area contributed by atoms with E-state index in [1.54, 1.807) is 31.2 Å². The third-order valence-electron chi connectivity index (χ3n) is 2.82. The minimum Gasteiger partial charge on any atom is -0.494 e. The highest BCUT2D eigenvalue weighted by Crippen LogP contribution is 2.18. The summed E-state index contributed by atoms with van der Waals surface area (Å²) < 4.78 is 23.3. The molecule has 0 heterocycles. The number of hydrogen-bond donors (Lipinski definition) is 1. The van der Waals surface area contributed by atoms with Gasteiger partial charge in [0, 0.05) is 27.2 Å². The van der Waals surface area contributed by atoms with E-state index in [2.05, 4.69) is 5.32 Å². The molecule has 6 heteroatoms. The summed E-state index contributed by atoms with van der Waals surface area (Å²) in [6, 6.07) is 4.67. The fourth-order valence-electron chi connectivity index (χ4n) is 1.67. The molecule has 1 rings (SSSR count). The number of nitrogens with zero attached hydrogens (tertiary/aromatic N) is 1. The van der Waals surface area contributed by atoms with Gasteiger partial charge in [0.15, 0.2) is 11.6 Å². The van der Waals surface area contributed by atoms with Crippen LogP contribution in [-0.4, -0.2) is 51.8 Å². The molecule has 0 aliphatic rings. The second-order valence-electron chi connectivity index (χ2n) is 4.39. The molecule has 0 aliphatic heterocycles. The fraction of sp³-hybridized carbons (Fsp3) is 0.500. The molecule has 0 spiro atoms. The smallest absolute Gasteiger partial charge is 0.236 e. The van der Waals surface area contributed by atoms with Crippen LogP contribution in [0.2, 0.25) is 0 Å². The standard InChI is InChI=1S/C14H21FN2O3/c1-17(14(18)9-16-6-7-19-2)10-11-4-5-13(20-3)12(15)8-11/h4-5,8,16H,6-7,9-10H2,1-3H3. The van der Waals surface area contributed by atoms with Crippen LogP contribution in [-0.2, 0) is 16.1 Å². The number of nitrogens with one attached hydrogen (secondary N) is 1. The maximum Gasteiger partial charge on any atom is 0.236 e. The Hall–Kier alpha value is -1.66. The number of carbonyl (C=O) groups is 1. The molecular weight excluding hydrogens is 263 g/mol. The Morgan fingerprint density at radius 1 is 1.40 bits per heavy atom. The summed E-state index contributed by atoms with van der Waals surface area (Å²) in [5.41, 5.74) is 0.719. The van der Waals surface area contributed by atoms with Gasteiger partial charge in [0.25, 0.3) is 0 Å². The molecule has 0 radical (unpaired) electrons. The number of rotatable bonds is 8. The lowest BCUT2D eigenvalue weighted by Crippen LogP contribution is -2.36.